The standard InChI is InChI=1S/C16H22BrNS/c1-16(2)11-18(8-3-9-19-13-5-6-13)15-10-12(17)4-7-14(15)16/h4,7,10,13H,3,5-6,8-9,11H2,1-2H3. The summed E-state index contributed by atoms with van der Waals surface area (Å²) in [7, 11) is 0. The van der Waals surface area contributed by atoms with E-state index in [2.05, 4.69) is 64.6 Å². The average Bonchev–Trinajstić information content (AvgIpc) is 3.12. The molecule has 0 N–H and O–H groups in total. The van der Waals surface area contributed by atoms with Crippen molar-refractivity contribution in [3.63, 3.8) is 0 Å². The molecule has 1 nitrogen and oxygen atoms in total. The lowest BCUT2D eigenvalue weighted by Crippen LogP contribution is -2.29. The van der Waals surface area contributed by atoms with Crippen molar-refractivity contribution >= 4 is 33.4 Å². The van der Waals surface area contributed by atoms with Crippen molar-refractivity contribution in [2.24, 2.45) is 0 Å². The number of rotatable bonds is 5. The molecule has 1 saturated carbocycles. The van der Waals surface area contributed by atoms with Crippen LogP contribution in [0.5, 0.6) is 0 Å². The molecule has 19 heavy (non-hydrogen) atoms. The summed E-state index contributed by atoms with van der Waals surface area (Å²) in [4.78, 5) is 2.58. The second-order valence-electron chi connectivity index (χ2n) is 6.39. The summed E-state index contributed by atoms with van der Waals surface area (Å²) in [5.74, 6) is 1.32. The number of anilines is 1. The molecule has 3 rings (SSSR count). The maximum absolute atomic E-state index is 3.61. The van der Waals surface area contributed by atoms with Gasteiger partial charge in [0, 0.05) is 33.9 Å². The van der Waals surface area contributed by atoms with Gasteiger partial charge in [-0.3, -0.25) is 0 Å². The van der Waals surface area contributed by atoms with Gasteiger partial charge in [-0.05, 0) is 42.7 Å². The molecule has 0 saturated heterocycles. The van der Waals surface area contributed by atoms with Gasteiger partial charge in [0.25, 0.3) is 0 Å². The zero-order valence-corrected chi connectivity index (χ0v) is 14.2. The molecule has 0 bridgehead atoms. The van der Waals surface area contributed by atoms with Gasteiger partial charge in [-0.1, -0.05) is 35.8 Å². The third-order valence-electron chi connectivity index (χ3n) is 4.07. The fourth-order valence-corrected chi connectivity index (χ4v) is 4.37. The number of benzene rings is 1. The molecule has 1 fully saturated rings. The van der Waals surface area contributed by atoms with Crippen LogP contribution in [0.25, 0.3) is 0 Å². The summed E-state index contributed by atoms with van der Waals surface area (Å²) in [5, 5.41) is 0.997. The Morgan fingerprint density at radius 2 is 2.16 bits per heavy atom. The first-order chi connectivity index (χ1) is 9.06. The Morgan fingerprint density at radius 3 is 2.89 bits per heavy atom. The second-order valence-corrected chi connectivity index (χ2v) is 8.71. The normalized spacial score (nSPS) is 20.7. The van der Waals surface area contributed by atoms with E-state index in [0.29, 0.717) is 5.41 Å². The SMILES string of the molecule is CC1(C)CN(CCCSC2CC2)c2cc(Br)ccc21. The van der Waals surface area contributed by atoms with E-state index in [-0.39, 0.29) is 0 Å². The highest BCUT2D eigenvalue weighted by Crippen LogP contribution is 2.42. The van der Waals surface area contributed by atoms with Crippen molar-refractivity contribution in [1.29, 1.82) is 0 Å². The van der Waals surface area contributed by atoms with Gasteiger partial charge in [0.1, 0.15) is 0 Å². The van der Waals surface area contributed by atoms with E-state index < -0.39 is 0 Å². The van der Waals surface area contributed by atoms with Gasteiger partial charge in [-0.25, -0.2) is 0 Å². The van der Waals surface area contributed by atoms with Crippen LogP contribution in [0.15, 0.2) is 22.7 Å². The molecular weight excluding hydrogens is 318 g/mol. The van der Waals surface area contributed by atoms with Crippen LogP contribution in [-0.4, -0.2) is 24.1 Å². The van der Waals surface area contributed by atoms with Gasteiger partial charge >= 0.3 is 0 Å². The Bertz CT molecular complexity index is 468. The highest BCUT2D eigenvalue weighted by molar-refractivity contribution is 9.10. The first-order valence-electron chi connectivity index (χ1n) is 7.23. The zero-order chi connectivity index (χ0) is 13.5. The summed E-state index contributed by atoms with van der Waals surface area (Å²) in [6, 6.07) is 6.75. The summed E-state index contributed by atoms with van der Waals surface area (Å²) in [6.45, 7) is 7.08. The van der Waals surface area contributed by atoms with Gasteiger partial charge in [0.2, 0.25) is 0 Å². The van der Waals surface area contributed by atoms with Crippen LogP contribution in [0.1, 0.15) is 38.7 Å². The highest BCUT2D eigenvalue weighted by Gasteiger charge is 2.34. The van der Waals surface area contributed by atoms with Crippen molar-refractivity contribution in [2.45, 2.75) is 43.8 Å². The molecule has 1 aliphatic carbocycles. The van der Waals surface area contributed by atoms with Crippen molar-refractivity contribution in [2.75, 3.05) is 23.7 Å². The van der Waals surface area contributed by atoms with Gasteiger partial charge < -0.3 is 4.90 Å². The summed E-state index contributed by atoms with van der Waals surface area (Å²) in [6.07, 6.45) is 4.22. The molecule has 0 amide bonds. The lowest BCUT2D eigenvalue weighted by atomic mass is 9.87. The van der Waals surface area contributed by atoms with Crippen LogP contribution < -0.4 is 4.90 Å². The molecule has 1 heterocycles. The fraction of sp³-hybridized carbons (Fsp3) is 0.625. The molecule has 0 unspecified atom stereocenters. The molecule has 1 aliphatic heterocycles. The molecule has 0 radical (unpaired) electrons. The number of halogens is 1. The number of hydrogen-bond donors (Lipinski definition) is 0. The minimum absolute atomic E-state index is 0.291. The van der Waals surface area contributed by atoms with Crippen LogP contribution in [0, 0.1) is 0 Å². The van der Waals surface area contributed by atoms with Crippen molar-refractivity contribution < 1.29 is 0 Å². The Labute approximate surface area is 129 Å². The first-order valence-corrected chi connectivity index (χ1v) is 9.07. The third-order valence-corrected chi connectivity index (χ3v) is 6.03. The molecule has 3 heteroatoms. The van der Waals surface area contributed by atoms with Crippen LogP contribution in [0.4, 0.5) is 5.69 Å². The van der Waals surface area contributed by atoms with E-state index in [1.165, 1.54) is 47.3 Å². The smallest absolute Gasteiger partial charge is 0.0416 e. The summed E-state index contributed by atoms with van der Waals surface area (Å²) in [5.41, 5.74) is 3.24. The van der Waals surface area contributed by atoms with Gasteiger partial charge in [0.05, 0.1) is 0 Å². The molecule has 0 atom stereocenters. The lowest BCUT2D eigenvalue weighted by Gasteiger charge is -2.22. The number of thioether (sulfide) groups is 1. The number of hydrogen-bond acceptors (Lipinski definition) is 2. The molecule has 0 spiro atoms. The van der Waals surface area contributed by atoms with Crippen LogP contribution in [0.2, 0.25) is 0 Å². The summed E-state index contributed by atoms with van der Waals surface area (Å²) >= 11 is 5.78. The van der Waals surface area contributed by atoms with Crippen LogP contribution in [0.3, 0.4) is 0 Å². The average molecular weight is 340 g/mol. The Kier molecular flexibility index (Phi) is 3.87. The van der Waals surface area contributed by atoms with E-state index in [4.69, 9.17) is 0 Å². The van der Waals surface area contributed by atoms with E-state index in [1.807, 2.05) is 0 Å². The van der Waals surface area contributed by atoms with Crippen molar-refractivity contribution in [1.82, 2.24) is 0 Å². The molecular formula is C16H22BrNS. The van der Waals surface area contributed by atoms with Gasteiger partial charge in [0.15, 0.2) is 0 Å². The maximum Gasteiger partial charge on any atom is 0.0416 e. The third kappa shape index (κ3) is 3.13. The summed E-state index contributed by atoms with van der Waals surface area (Å²) < 4.78 is 1.20. The molecule has 1 aromatic carbocycles. The van der Waals surface area contributed by atoms with E-state index in [0.717, 1.165) is 11.8 Å². The predicted octanol–water partition coefficient (Wildman–Crippen LogP) is 4.83. The topological polar surface area (TPSA) is 3.24 Å². The predicted molar refractivity (Wildman–Crippen MR) is 89.5 cm³/mol. The van der Waals surface area contributed by atoms with Crippen LogP contribution in [-0.2, 0) is 5.41 Å². The Morgan fingerprint density at radius 1 is 1.37 bits per heavy atom. The highest BCUT2D eigenvalue weighted by atomic mass is 79.9. The largest absolute Gasteiger partial charge is 0.370 e. The van der Waals surface area contributed by atoms with Gasteiger partial charge in [-0.15, -0.1) is 0 Å². The number of nitrogens with zero attached hydrogens (tertiary/aromatic N) is 1. The van der Waals surface area contributed by atoms with Crippen LogP contribution >= 0.6 is 27.7 Å². The quantitative estimate of drug-likeness (QED) is 0.706. The lowest BCUT2D eigenvalue weighted by molar-refractivity contribution is 0.549. The minimum atomic E-state index is 0.291. The molecule has 104 valence electrons. The van der Waals surface area contributed by atoms with E-state index >= 15 is 0 Å². The van der Waals surface area contributed by atoms with Gasteiger partial charge in [-0.2, -0.15) is 11.8 Å². The van der Waals surface area contributed by atoms with E-state index in [1.54, 1.807) is 0 Å². The molecule has 0 aromatic heterocycles. The monoisotopic (exact) mass is 339 g/mol. The first kappa shape index (κ1) is 13.8. The maximum atomic E-state index is 3.61. The Balaban J connectivity index is 1.64. The van der Waals surface area contributed by atoms with Crippen molar-refractivity contribution in [3.8, 4) is 0 Å². The Hall–Kier alpha value is -0.150. The zero-order valence-electron chi connectivity index (χ0n) is 11.8. The number of fused-ring (bicyclic) bond motifs is 1. The molecule has 1 aromatic rings. The minimum Gasteiger partial charge on any atom is -0.370 e. The molecule has 2 aliphatic rings. The van der Waals surface area contributed by atoms with E-state index in [9.17, 15) is 0 Å². The second kappa shape index (κ2) is 5.33. The fourth-order valence-electron chi connectivity index (χ4n) is 2.93. The van der Waals surface area contributed by atoms with Crippen molar-refractivity contribution in [3.05, 3.63) is 28.2 Å².